The van der Waals surface area contributed by atoms with E-state index in [-0.39, 0.29) is 12.1 Å². The van der Waals surface area contributed by atoms with Gasteiger partial charge in [0.15, 0.2) is 0 Å². The summed E-state index contributed by atoms with van der Waals surface area (Å²) in [6, 6.07) is 1.23. The molecule has 0 fully saturated rings. The van der Waals surface area contributed by atoms with Crippen LogP contribution in [0.4, 0.5) is 26.3 Å². The number of methoxy groups -OCH3 is 1. The largest absolute Gasteiger partial charge is 0.496 e. The van der Waals surface area contributed by atoms with E-state index in [4.69, 9.17) is 5.73 Å². The second kappa shape index (κ2) is 4.68. The number of rotatable bonds is 2. The number of halogens is 6. The van der Waals surface area contributed by atoms with Gasteiger partial charge in [-0.15, -0.1) is 0 Å². The van der Waals surface area contributed by atoms with Crippen molar-refractivity contribution in [1.29, 1.82) is 0 Å². The molecular weight excluding hydrogens is 264 g/mol. The van der Waals surface area contributed by atoms with Crippen molar-refractivity contribution < 1.29 is 31.1 Å². The van der Waals surface area contributed by atoms with E-state index in [9.17, 15) is 26.3 Å². The molecule has 1 aromatic carbocycles. The molecule has 0 bridgehead atoms. The van der Waals surface area contributed by atoms with Crippen molar-refractivity contribution in [1.82, 2.24) is 0 Å². The number of hydrogen-bond donors (Lipinski definition) is 1. The van der Waals surface area contributed by atoms with Crippen LogP contribution in [0.1, 0.15) is 16.7 Å². The zero-order valence-corrected chi connectivity index (χ0v) is 9.12. The summed E-state index contributed by atoms with van der Waals surface area (Å²) in [6.07, 6.45) is -10.3. The predicted molar refractivity (Wildman–Crippen MR) is 50.9 cm³/mol. The van der Waals surface area contributed by atoms with Gasteiger partial charge in [0, 0.05) is 6.54 Å². The van der Waals surface area contributed by atoms with Crippen LogP contribution in [0.2, 0.25) is 0 Å². The Morgan fingerprint density at radius 3 is 1.94 bits per heavy atom. The molecular formula is C10H9F6NO. The maximum Gasteiger partial charge on any atom is 0.420 e. The lowest BCUT2D eigenvalue weighted by Gasteiger charge is -2.19. The minimum Gasteiger partial charge on any atom is -0.496 e. The lowest BCUT2D eigenvalue weighted by atomic mass is 10.0. The van der Waals surface area contributed by atoms with Crippen LogP contribution in [0.15, 0.2) is 12.1 Å². The molecule has 0 aliphatic carbocycles. The first-order valence-electron chi connectivity index (χ1n) is 4.66. The summed E-state index contributed by atoms with van der Waals surface area (Å²) < 4.78 is 80.2. The van der Waals surface area contributed by atoms with Gasteiger partial charge in [-0.3, -0.25) is 0 Å². The third-order valence-electron chi connectivity index (χ3n) is 2.21. The highest BCUT2D eigenvalue weighted by atomic mass is 19.4. The van der Waals surface area contributed by atoms with Crippen LogP contribution < -0.4 is 10.5 Å². The molecule has 0 heterocycles. The second-order valence-corrected chi connectivity index (χ2v) is 3.42. The average molecular weight is 273 g/mol. The molecule has 0 atom stereocenters. The Labute approximate surface area is 98.3 Å². The van der Waals surface area contributed by atoms with E-state index in [1.165, 1.54) is 0 Å². The maximum atomic E-state index is 12.7. The van der Waals surface area contributed by atoms with Gasteiger partial charge in [-0.25, -0.2) is 0 Å². The maximum absolute atomic E-state index is 12.7. The van der Waals surface area contributed by atoms with E-state index >= 15 is 0 Å². The van der Waals surface area contributed by atoms with Gasteiger partial charge in [-0.1, -0.05) is 0 Å². The highest BCUT2D eigenvalue weighted by Crippen LogP contribution is 2.45. The van der Waals surface area contributed by atoms with E-state index < -0.39 is 29.2 Å². The van der Waals surface area contributed by atoms with Crippen molar-refractivity contribution in [2.24, 2.45) is 5.73 Å². The fourth-order valence-electron chi connectivity index (χ4n) is 1.47. The molecule has 102 valence electrons. The Hall–Kier alpha value is -1.44. The smallest absolute Gasteiger partial charge is 0.420 e. The summed E-state index contributed by atoms with van der Waals surface area (Å²) in [5.41, 5.74) is 1.42. The minimum atomic E-state index is -5.16. The summed E-state index contributed by atoms with van der Waals surface area (Å²) in [7, 11) is 0.866. The molecule has 8 heteroatoms. The molecule has 0 aliphatic heterocycles. The molecule has 0 amide bonds. The second-order valence-electron chi connectivity index (χ2n) is 3.42. The Balaban J connectivity index is 3.64. The van der Waals surface area contributed by atoms with Gasteiger partial charge in [-0.05, 0) is 17.7 Å². The Kier molecular flexibility index (Phi) is 3.80. The van der Waals surface area contributed by atoms with Crippen LogP contribution in [-0.2, 0) is 18.9 Å². The van der Waals surface area contributed by atoms with Crippen molar-refractivity contribution >= 4 is 0 Å². The van der Waals surface area contributed by atoms with E-state index in [0.717, 1.165) is 13.2 Å². The van der Waals surface area contributed by atoms with Crippen molar-refractivity contribution in [3.05, 3.63) is 28.8 Å². The number of ether oxygens (including phenoxy) is 1. The molecule has 0 aromatic heterocycles. The van der Waals surface area contributed by atoms with Crippen molar-refractivity contribution in [2.45, 2.75) is 18.9 Å². The third-order valence-corrected chi connectivity index (χ3v) is 2.21. The van der Waals surface area contributed by atoms with Gasteiger partial charge in [0.1, 0.15) is 11.3 Å². The summed E-state index contributed by atoms with van der Waals surface area (Å²) in [4.78, 5) is 0. The predicted octanol–water partition coefficient (Wildman–Crippen LogP) is 3.19. The molecule has 1 rings (SSSR count). The highest BCUT2D eigenvalue weighted by Gasteiger charge is 2.45. The average Bonchev–Trinajstić information content (AvgIpc) is 2.24. The molecule has 0 spiro atoms. The zero-order valence-electron chi connectivity index (χ0n) is 9.12. The van der Waals surface area contributed by atoms with E-state index in [1.54, 1.807) is 0 Å². The SMILES string of the molecule is COc1cc(CN)cc(C(F)(F)F)c1C(F)(F)F. The van der Waals surface area contributed by atoms with E-state index in [2.05, 4.69) is 4.74 Å². The van der Waals surface area contributed by atoms with Gasteiger partial charge in [0.2, 0.25) is 0 Å². The van der Waals surface area contributed by atoms with Crippen LogP contribution in [0.25, 0.3) is 0 Å². The van der Waals surface area contributed by atoms with Gasteiger partial charge in [0.05, 0.1) is 12.7 Å². The molecule has 1 aromatic rings. The standard InChI is InChI=1S/C10H9F6NO/c1-18-7-3-5(4-17)2-6(9(11,12)13)8(7)10(14,15)16/h2-3H,4,17H2,1H3. The van der Waals surface area contributed by atoms with Gasteiger partial charge in [0.25, 0.3) is 0 Å². The van der Waals surface area contributed by atoms with Crippen molar-refractivity contribution in [3.63, 3.8) is 0 Å². The summed E-state index contributed by atoms with van der Waals surface area (Å²) in [5, 5.41) is 0. The normalized spacial score (nSPS) is 12.7. The number of hydrogen-bond acceptors (Lipinski definition) is 2. The molecule has 0 radical (unpaired) electrons. The fourth-order valence-corrected chi connectivity index (χ4v) is 1.47. The first-order chi connectivity index (χ1) is 8.11. The summed E-state index contributed by atoms with van der Waals surface area (Å²) in [6.45, 7) is -0.322. The number of nitrogens with two attached hydrogens (primary N) is 1. The van der Waals surface area contributed by atoms with Crippen LogP contribution in [0.3, 0.4) is 0 Å². The molecule has 2 nitrogen and oxygen atoms in total. The monoisotopic (exact) mass is 273 g/mol. The van der Waals surface area contributed by atoms with Crippen LogP contribution in [0.5, 0.6) is 5.75 Å². The van der Waals surface area contributed by atoms with Crippen LogP contribution >= 0.6 is 0 Å². The molecule has 2 N–H and O–H groups in total. The molecule has 0 saturated carbocycles. The lowest BCUT2D eigenvalue weighted by Crippen LogP contribution is -2.19. The number of benzene rings is 1. The molecule has 0 saturated heterocycles. The van der Waals surface area contributed by atoms with Crippen LogP contribution in [0, 0.1) is 0 Å². The van der Waals surface area contributed by atoms with Gasteiger partial charge in [-0.2, -0.15) is 26.3 Å². The lowest BCUT2D eigenvalue weighted by molar-refractivity contribution is -0.163. The Morgan fingerprint density at radius 2 is 1.61 bits per heavy atom. The van der Waals surface area contributed by atoms with E-state index in [0.29, 0.717) is 6.07 Å². The van der Waals surface area contributed by atoms with Crippen molar-refractivity contribution in [2.75, 3.05) is 7.11 Å². The molecule has 0 aliphatic rings. The first kappa shape index (κ1) is 14.6. The highest BCUT2D eigenvalue weighted by molar-refractivity contribution is 5.47. The summed E-state index contributed by atoms with van der Waals surface area (Å²) in [5.74, 6) is -0.891. The Morgan fingerprint density at radius 1 is 1.06 bits per heavy atom. The zero-order chi connectivity index (χ0) is 14.1. The molecule has 18 heavy (non-hydrogen) atoms. The third kappa shape index (κ3) is 2.87. The van der Waals surface area contributed by atoms with E-state index in [1.807, 2.05) is 0 Å². The van der Waals surface area contributed by atoms with Crippen LogP contribution in [-0.4, -0.2) is 7.11 Å². The molecule has 0 unspecified atom stereocenters. The topological polar surface area (TPSA) is 35.2 Å². The number of alkyl halides is 6. The van der Waals surface area contributed by atoms with Crippen molar-refractivity contribution in [3.8, 4) is 5.75 Å². The first-order valence-corrected chi connectivity index (χ1v) is 4.66. The Bertz CT molecular complexity index is 437. The van der Waals surface area contributed by atoms with Gasteiger partial charge >= 0.3 is 12.4 Å². The minimum absolute atomic E-state index is 0.0906. The fraction of sp³-hybridized carbons (Fsp3) is 0.400. The van der Waals surface area contributed by atoms with Gasteiger partial charge < -0.3 is 10.5 Å². The quantitative estimate of drug-likeness (QED) is 0.840. The summed E-state index contributed by atoms with van der Waals surface area (Å²) >= 11 is 0.